The second-order valence-corrected chi connectivity index (χ2v) is 15.4. The quantitative estimate of drug-likeness (QED) is 0.166. The smallest absolute Gasteiger partial charge is 0.0723 e. The van der Waals surface area contributed by atoms with E-state index in [1.54, 1.807) is 0 Å². The van der Waals surface area contributed by atoms with E-state index >= 15 is 0 Å². The summed E-state index contributed by atoms with van der Waals surface area (Å²) in [5, 5.41) is 0. The van der Waals surface area contributed by atoms with E-state index in [9.17, 15) is 0 Å². The molecule has 54 heavy (non-hydrogen) atoms. The van der Waals surface area contributed by atoms with Crippen LogP contribution in [0.5, 0.6) is 0 Å². The molecule has 6 aromatic rings. The van der Waals surface area contributed by atoms with Crippen LogP contribution in [-0.4, -0.2) is 0 Å². The van der Waals surface area contributed by atoms with E-state index in [1.165, 1.54) is 72.3 Å². The zero-order valence-corrected chi connectivity index (χ0v) is 31.0. The van der Waals surface area contributed by atoms with E-state index in [-0.39, 0.29) is 5.41 Å². The Morgan fingerprint density at radius 3 is 1.78 bits per heavy atom. The minimum atomic E-state index is -0.503. The summed E-state index contributed by atoms with van der Waals surface area (Å²) in [5.41, 5.74) is 20.7. The van der Waals surface area contributed by atoms with Crippen LogP contribution < -0.4 is 4.90 Å². The van der Waals surface area contributed by atoms with E-state index in [0.717, 1.165) is 35.5 Å². The van der Waals surface area contributed by atoms with Gasteiger partial charge in [-0.1, -0.05) is 147 Å². The molecule has 4 aliphatic rings. The zero-order chi connectivity index (χ0) is 36.6. The third-order valence-corrected chi connectivity index (χ3v) is 12.4. The van der Waals surface area contributed by atoms with Crippen LogP contribution in [0, 0.1) is 12.3 Å². The van der Waals surface area contributed by atoms with Crippen LogP contribution in [0.3, 0.4) is 0 Å². The molecule has 0 saturated heterocycles. The lowest BCUT2D eigenvalue weighted by molar-refractivity contribution is 0.660. The Labute approximate surface area is 319 Å². The van der Waals surface area contributed by atoms with E-state index in [4.69, 9.17) is 6.42 Å². The first-order chi connectivity index (χ1) is 26.5. The summed E-state index contributed by atoms with van der Waals surface area (Å²) in [6.45, 7) is 6.89. The fourth-order valence-corrected chi connectivity index (χ4v) is 10.1. The average molecular weight is 692 g/mol. The van der Waals surface area contributed by atoms with Crippen molar-refractivity contribution in [1.82, 2.24) is 0 Å². The molecule has 0 unspecified atom stereocenters. The summed E-state index contributed by atoms with van der Waals surface area (Å²) in [4.78, 5) is 2.50. The van der Waals surface area contributed by atoms with Crippen molar-refractivity contribution in [1.29, 1.82) is 0 Å². The zero-order valence-electron chi connectivity index (χ0n) is 31.0. The first kappa shape index (κ1) is 32.3. The number of rotatable bonds is 4. The van der Waals surface area contributed by atoms with Gasteiger partial charge in [0.2, 0.25) is 0 Å². The maximum atomic E-state index is 6.10. The molecular weight excluding hydrogens is 651 g/mol. The fourth-order valence-electron chi connectivity index (χ4n) is 10.1. The van der Waals surface area contributed by atoms with Crippen molar-refractivity contribution >= 4 is 28.2 Å². The van der Waals surface area contributed by atoms with Crippen molar-refractivity contribution in [3.63, 3.8) is 0 Å². The number of fused-ring (bicyclic) bond motifs is 10. The molecule has 0 saturated carbocycles. The van der Waals surface area contributed by atoms with Crippen LogP contribution in [-0.2, 0) is 10.8 Å². The van der Waals surface area contributed by atoms with Gasteiger partial charge < -0.3 is 4.90 Å². The lowest BCUT2D eigenvalue weighted by atomic mass is 9.70. The van der Waals surface area contributed by atoms with Crippen molar-refractivity contribution in [3.05, 3.63) is 208 Å². The summed E-state index contributed by atoms with van der Waals surface area (Å²) in [6, 6.07) is 49.9. The number of hydrogen-bond donors (Lipinski definition) is 0. The molecule has 0 aliphatic heterocycles. The highest BCUT2D eigenvalue weighted by atomic mass is 15.1. The maximum absolute atomic E-state index is 6.10. The van der Waals surface area contributed by atoms with Crippen LogP contribution >= 0.6 is 0 Å². The third kappa shape index (κ3) is 4.35. The monoisotopic (exact) mass is 691 g/mol. The Hall–Kier alpha value is -6.36. The molecule has 0 atom stereocenters. The number of nitrogens with zero attached hydrogens (tertiary/aromatic N) is 1. The molecule has 10 rings (SSSR count). The van der Waals surface area contributed by atoms with Gasteiger partial charge in [-0.2, -0.15) is 0 Å². The van der Waals surface area contributed by atoms with Gasteiger partial charge in [-0.3, -0.25) is 0 Å². The predicted octanol–water partition coefficient (Wildman–Crippen LogP) is 13.5. The van der Waals surface area contributed by atoms with Crippen LogP contribution in [0.2, 0.25) is 0 Å². The Balaban J connectivity index is 1.27. The lowest BCUT2D eigenvalue weighted by Gasteiger charge is -2.33. The third-order valence-electron chi connectivity index (χ3n) is 12.4. The molecule has 0 fully saturated rings. The van der Waals surface area contributed by atoms with Crippen LogP contribution in [0.1, 0.15) is 72.6 Å². The highest BCUT2D eigenvalue weighted by Crippen LogP contribution is 2.64. The number of para-hydroxylation sites is 1. The number of anilines is 3. The van der Waals surface area contributed by atoms with Crippen LogP contribution in [0.15, 0.2) is 169 Å². The van der Waals surface area contributed by atoms with Gasteiger partial charge in [-0.05, 0) is 129 Å². The van der Waals surface area contributed by atoms with Gasteiger partial charge in [-0.25, -0.2) is 0 Å². The van der Waals surface area contributed by atoms with E-state index in [2.05, 4.69) is 189 Å². The summed E-state index contributed by atoms with van der Waals surface area (Å²) >= 11 is 0. The number of terminal acetylenes is 1. The average Bonchev–Trinajstić information content (AvgIpc) is 3.76. The van der Waals surface area contributed by atoms with Gasteiger partial charge in [0, 0.05) is 22.4 Å². The van der Waals surface area contributed by atoms with Crippen LogP contribution in [0.25, 0.3) is 33.4 Å². The molecule has 0 heterocycles. The summed E-state index contributed by atoms with van der Waals surface area (Å²) < 4.78 is 0. The topological polar surface area (TPSA) is 3.24 Å². The molecule has 1 heteroatoms. The molecule has 258 valence electrons. The highest BCUT2D eigenvalue weighted by Gasteiger charge is 2.53. The Kier molecular flexibility index (Phi) is 7.23. The normalized spacial score (nSPS) is 17.8. The summed E-state index contributed by atoms with van der Waals surface area (Å²) in [7, 11) is 0. The predicted molar refractivity (Wildman–Crippen MR) is 227 cm³/mol. The van der Waals surface area contributed by atoms with Crippen LogP contribution in [0.4, 0.5) is 17.1 Å². The first-order valence-corrected chi connectivity index (χ1v) is 19.2. The van der Waals surface area contributed by atoms with Gasteiger partial charge >= 0.3 is 0 Å². The van der Waals surface area contributed by atoms with Gasteiger partial charge in [-0.15, -0.1) is 6.42 Å². The lowest BCUT2D eigenvalue weighted by Crippen LogP contribution is -2.26. The largest absolute Gasteiger partial charge is 0.310 e. The van der Waals surface area contributed by atoms with Crippen molar-refractivity contribution in [2.75, 3.05) is 4.90 Å². The number of hydrogen-bond acceptors (Lipinski definition) is 1. The molecular formula is C53H41N. The Morgan fingerprint density at radius 2 is 1.15 bits per heavy atom. The molecule has 1 nitrogen and oxygen atoms in total. The van der Waals surface area contributed by atoms with Gasteiger partial charge in [0.25, 0.3) is 0 Å². The fraction of sp³-hybridized carbons (Fsp3) is 0.132. The Morgan fingerprint density at radius 1 is 0.593 bits per heavy atom. The molecule has 0 amide bonds. The first-order valence-electron chi connectivity index (χ1n) is 19.2. The SMILES string of the molecule is C#C/C=C1\C(=C/C)C2(c3cc(N(c4ccc5c(c4)C(C)(C)c4ccccc4-5)c4ccccc4C4=CCCC=C4)ccc31)c1ccccc1-c1ccccc12. The molecule has 6 aromatic carbocycles. The van der Waals surface area contributed by atoms with Crippen molar-refractivity contribution in [3.8, 4) is 34.6 Å². The molecule has 0 N–H and O–H groups in total. The van der Waals surface area contributed by atoms with Gasteiger partial charge in [0.1, 0.15) is 0 Å². The minimum absolute atomic E-state index is 0.128. The van der Waals surface area contributed by atoms with Crippen molar-refractivity contribution in [2.24, 2.45) is 0 Å². The van der Waals surface area contributed by atoms with E-state index < -0.39 is 5.41 Å². The standard InChI is InChI=1S/C53H41N/c1-5-18-39-44-32-30-37(34-50(44)53(45(39)6-2)47-26-15-11-23-41(47)42-24-12-16-27-48(42)53)54(51-28-17-13-21-38(51)35-19-8-7-9-20-35)36-29-31-43-40-22-10-14-25-46(40)52(3,4)49(43)33-36/h1,6,8,10-34H,7,9H2,2-4H3/b39-18-,45-6+. The summed E-state index contributed by atoms with van der Waals surface area (Å²) in [6.07, 6.45) is 19.5. The molecule has 0 aromatic heterocycles. The van der Waals surface area contributed by atoms with Crippen molar-refractivity contribution < 1.29 is 0 Å². The number of benzene rings is 6. The highest BCUT2D eigenvalue weighted by molar-refractivity contribution is 6.02. The molecule has 0 bridgehead atoms. The van der Waals surface area contributed by atoms with Gasteiger partial charge in [0.15, 0.2) is 0 Å². The van der Waals surface area contributed by atoms with E-state index in [0.29, 0.717) is 0 Å². The molecule has 4 aliphatic carbocycles. The maximum Gasteiger partial charge on any atom is 0.0723 e. The van der Waals surface area contributed by atoms with E-state index in [1.807, 2.05) is 6.08 Å². The second kappa shape index (κ2) is 12.1. The molecule has 0 radical (unpaired) electrons. The minimum Gasteiger partial charge on any atom is -0.310 e. The van der Waals surface area contributed by atoms with Gasteiger partial charge in [0.05, 0.1) is 11.1 Å². The Bertz CT molecular complexity index is 2670. The summed E-state index contributed by atoms with van der Waals surface area (Å²) in [5.74, 6) is 2.92. The van der Waals surface area contributed by atoms with Crippen molar-refractivity contribution in [2.45, 2.75) is 44.4 Å². The number of allylic oxidation sites excluding steroid dienone is 8. The second-order valence-electron chi connectivity index (χ2n) is 15.4. The molecule has 1 spiro atoms.